The quantitative estimate of drug-likeness (QED) is 0.0895. The number of carboxylic acid groups (broad SMARTS) is 1. The number of ether oxygens (including phenoxy) is 1. The summed E-state index contributed by atoms with van der Waals surface area (Å²) in [7, 11) is -4.67. The standard InChI is InChI=1S/C34H38N4O8S/c1-3-4-5-6-14-29(37-20-31(35-22-37)36-32(39)28-13-9-10-15-30(28)47(43,44)45)33(40)38(34(41)42)21-27(18-23(38)2)46-26-17-16-24-11-7-8-12-25(24)19-26/h7-13,15-17,19-20,22-23,27,29H,3-6,14,18,21H2,1-2H3,(H2-,36,39,41,42,43,44,45)/p+1/t23-,27-,29?,38-/m1/s1. The van der Waals surface area contributed by atoms with E-state index in [2.05, 4.69) is 17.2 Å². The van der Waals surface area contributed by atoms with Gasteiger partial charge in [-0.25, -0.2) is 9.78 Å². The lowest BCUT2D eigenvalue weighted by atomic mass is 10.0. The first-order valence-electron chi connectivity index (χ1n) is 15.7. The van der Waals surface area contributed by atoms with Gasteiger partial charge in [-0.2, -0.15) is 17.7 Å². The minimum atomic E-state index is -4.67. The highest BCUT2D eigenvalue weighted by atomic mass is 32.2. The third-order valence-electron chi connectivity index (χ3n) is 8.84. The van der Waals surface area contributed by atoms with Gasteiger partial charge in [-0.1, -0.05) is 75.1 Å². The van der Waals surface area contributed by atoms with Crippen molar-refractivity contribution in [3.8, 4) is 5.75 Å². The molecule has 1 unspecified atom stereocenters. The Morgan fingerprint density at radius 2 is 1.77 bits per heavy atom. The maximum Gasteiger partial charge on any atom is 0.521 e. The zero-order valence-corrected chi connectivity index (χ0v) is 27.1. The number of hydrogen-bond donors (Lipinski definition) is 3. The number of imide groups is 1. The fraction of sp³-hybridized carbons (Fsp3) is 0.353. The molecule has 248 valence electrons. The van der Waals surface area contributed by atoms with E-state index >= 15 is 0 Å². The minimum Gasteiger partial charge on any atom is -0.484 e. The van der Waals surface area contributed by atoms with E-state index in [4.69, 9.17) is 4.74 Å². The van der Waals surface area contributed by atoms with Crippen molar-refractivity contribution in [3.05, 3.63) is 84.8 Å². The largest absolute Gasteiger partial charge is 0.521 e. The number of imidazole rings is 1. The molecule has 12 nitrogen and oxygen atoms in total. The van der Waals surface area contributed by atoms with Gasteiger partial charge in [-0.15, -0.1) is 0 Å². The van der Waals surface area contributed by atoms with Gasteiger partial charge < -0.3 is 19.7 Å². The van der Waals surface area contributed by atoms with E-state index in [0.717, 1.165) is 36.1 Å². The molecule has 1 aromatic heterocycles. The average molecular weight is 664 g/mol. The molecule has 0 radical (unpaired) electrons. The molecule has 1 saturated heterocycles. The Bertz CT molecular complexity index is 1890. The van der Waals surface area contributed by atoms with Crippen molar-refractivity contribution in [3.63, 3.8) is 0 Å². The minimum absolute atomic E-state index is 0.0281. The molecule has 1 aliphatic heterocycles. The molecule has 4 aromatic rings. The fourth-order valence-corrected chi connectivity index (χ4v) is 7.08. The summed E-state index contributed by atoms with van der Waals surface area (Å²) in [4.78, 5) is 44.1. The number of hydrogen-bond acceptors (Lipinski definition) is 7. The Morgan fingerprint density at radius 1 is 1.04 bits per heavy atom. The zero-order valence-electron chi connectivity index (χ0n) is 26.3. The first kappa shape index (κ1) is 33.8. The van der Waals surface area contributed by atoms with Crippen molar-refractivity contribution in [2.45, 2.75) is 75.5 Å². The normalized spacial score (nSPS) is 20.1. The van der Waals surface area contributed by atoms with Gasteiger partial charge in [0.2, 0.25) is 0 Å². The summed E-state index contributed by atoms with van der Waals surface area (Å²) in [5.41, 5.74) is -0.282. The first-order valence-corrected chi connectivity index (χ1v) is 17.1. The lowest BCUT2D eigenvalue weighted by molar-refractivity contribution is -0.795. The summed E-state index contributed by atoms with van der Waals surface area (Å²) in [5.74, 6) is -0.718. The van der Waals surface area contributed by atoms with Crippen LogP contribution >= 0.6 is 0 Å². The zero-order chi connectivity index (χ0) is 33.8. The van der Waals surface area contributed by atoms with Gasteiger partial charge in [0.25, 0.3) is 16.0 Å². The van der Waals surface area contributed by atoms with Crippen molar-refractivity contribution < 1.29 is 41.7 Å². The highest BCUT2D eigenvalue weighted by Crippen LogP contribution is 2.36. The third-order valence-corrected chi connectivity index (χ3v) is 9.75. The summed E-state index contributed by atoms with van der Waals surface area (Å²) in [6, 6.07) is 17.2. The molecule has 47 heavy (non-hydrogen) atoms. The van der Waals surface area contributed by atoms with Gasteiger partial charge in [0.05, 0.1) is 11.9 Å². The molecule has 4 atom stereocenters. The van der Waals surface area contributed by atoms with Crippen molar-refractivity contribution >= 4 is 44.6 Å². The van der Waals surface area contributed by atoms with Crippen molar-refractivity contribution in [1.29, 1.82) is 0 Å². The number of fused-ring (bicyclic) bond motifs is 1. The number of quaternary nitrogens is 1. The number of carbonyl (C=O) groups excluding carboxylic acids is 2. The number of amides is 3. The second kappa shape index (κ2) is 14.0. The molecule has 3 amide bonds. The van der Waals surface area contributed by atoms with Crippen LogP contribution in [-0.2, 0) is 14.9 Å². The maximum atomic E-state index is 14.5. The molecule has 0 bridgehead atoms. The second-order valence-electron chi connectivity index (χ2n) is 12.0. The number of nitrogens with one attached hydrogen (secondary N) is 1. The van der Waals surface area contributed by atoms with Crippen molar-refractivity contribution in [1.82, 2.24) is 9.55 Å². The first-order chi connectivity index (χ1) is 22.4. The van der Waals surface area contributed by atoms with Gasteiger partial charge in [0.1, 0.15) is 29.3 Å². The molecule has 1 aliphatic rings. The number of benzene rings is 3. The molecule has 2 heterocycles. The van der Waals surface area contributed by atoms with Crippen LogP contribution in [0.25, 0.3) is 10.8 Å². The van der Waals surface area contributed by atoms with Gasteiger partial charge in [0.15, 0.2) is 11.9 Å². The second-order valence-corrected chi connectivity index (χ2v) is 13.4. The van der Waals surface area contributed by atoms with Crippen LogP contribution in [0.2, 0.25) is 0 Å². The van der Waals surface area contributed by atoms with Crippen molar-refractivity contribution in [2.24, 2.45) is 0 Å². The van der Waals surface area contributed by atoms with Crippen LogP contribution in [0.3, 0.4) is 0 Å². The molecule has 3 N–H and O–H groups in total. The Morgan fingerprint density at radius 3 is 2.49 bits per heavy atom. The predicted molar refractivity (Wildman–Crippen MR) is 175 cm³/mol. The summed E-state index contributed by atoms with van der Waals surface area (Å²) in [6.45, 7) is 3.76. The summed E-state index contributed by atoms with van der Waals surface area (Å²) < 4.78 is 40.1. The van der Waals surface area contributed by atoms with E-state index in [1.54, 1.807) is 6.92 Å². The third kappa shape index (κ3) is 7.22. The Kier molecular flexibility index (Phi) is 10.1. The number of carbonyl (C=O) groups is 3. The molecule has 13 heteroatoms. The molecule has 0 aliphatic carbocycles. The maximum absolute atomic E-state index is 14.5. The topological polar surface area (TPSA) is 165 Å². The van der Waals surface area contributed by atoms with Crippen LogP contribution in [0.4, 0.5) is 10.6 Å². The van der Waals surface area contributed by atoms with Gasteiger partial charge in [0, 0.05) is 12.6 Å². The molecular formula is C34H39N4O8S+. The molecule has 5 rings (SSSR count). The highest BCUT2D eigenvalue weighted by Gasteiger charge is 2.59. The van der Waals surface area contributed by atoms with Gasteiger partial charge >= 0.3 is 12.0 Å². The van der Waals surface area contributed by atoms with E-state index in [-0.39, 0.29) is 17.9 Å². The van der Waals surface area contributed by atoms with E-state index in [9.17, 15) is 32.5 Å². The van der Waals surface area contributed by atoms with E-state index in [1.165, 1.54) is 35.3 Å². The van der Waals surface area contributed by atoms with Crippen LogP contribution in [-0.4, -0.2) is 68.7 Å². The van der Waals surface area contributed by atoms with Crippen LogP contribution in [0.15, 0.2) is 84.1 Å². The van der Waals surface area contributed by atoms with Gasteiger partial charge in [-0.05, 0) is 48.4 Å². The Balaban J connectivity index is 1.40. The van der Waals surface area contributed by atoms with Crippen LogP contribution in [0.5, 0.6) is 5.75 Å². The molecule has 3 aromatic carbocycles. The number of rotatable bonds is 12. The van der Waals surface area contributed by atoms with Crippen LogP contribution in [0.1, 0.15) is 68.8 Å². The monoisotopic (exact) mass is 663 g/mol. The average Bonchev–Trinajstić information content (AvgIpc) is 3.64. The van der Waals surface area contributed by atoms with Crippen LogP contribution < -0.4 is 10.1 Å². The SMILES string of the molecule is CCCCCCC(C(=O)[N@@+]1(C(=O)O)C[C@H](Oc2ccc3ccccc3c2)C[C@H]1C)n1cnc(NC(=O)c2ccccc2S(=O)(=O)O)c1. The number of nitrogens with zero attached hydrogens (tertiary/aromatic N) is 3. The predicted octanol–water partition coefficient (Wildman–Crippen LogP) is 6.31. The van der Waals surface area contributed by atoms with Crippen molar-refractivity contribution in [2.75, 3.05) is 11.9 Å². The van der Waals surface area contributed by atoms with Gasteiger partial charge in [-0.3, -0.25) is 9.35 Å². The van der Waals surface area contributed by atoms with E-state index in [1.807, 2.05) is 42.5 Å². The number of aromatic nitrogens is 2. The molecule has 0 saturated carbocycles. The Labute approximate surface area is 273 Å². The Hall–Kier alpha value is -4.59. The fourth-order valence-electron chi connectivity index (χ4n) is 6.39. The summed E-state index contributed by atoms with van der Waals surface area (Å²) in [5, 5.41) is 15.2. The van der Waals surface area contributed by atoms with E-state index < -0.39 is 55.6 Å². The van der Waals surface area contributed by atoms with E-state index in [0.29, 0.717) is 25.0 Å². The summed E-state index contributed by atoms with van der Waals surface area (Å²) in [6.07, 6.45) is 5.15. The highest BCUT2D eigenvalue weighted by molar-refractivity contribution is 7.86. The number of anilines is 1. The molecule has 0 spiro atoms. The molecular weight excluding hydrogens is 624 g/mol. The lowest BCUT2D eigenvalue weighted by Gasteiger charge is -2.33. The van der Waals surface area contributed by atoms with Crippen LogP contribution in [0, 0.1) is 0 Å². The smallest absolute Gasteiger partial charge is 0.484 e. The number of likely N-dealkylation sites (tertiary alicyclic amines) is 1. The number of unbranched alkanes of at least 4 members (excludes halogenated alkanes) is 3. The molecule has 1 fully saturated rings. The lowest BCUT2D eigenvalue weighted by Crippen LogP contribution is -2.61. The summed E-state index contributed by atoms with van der Waals surface area (Å²) >= 11 is 0.